The number of nitrogens with zero attached hydrogens (tertiary/aromatic N) is 2. The van der Waals surface area contributed by atoms with Crippen molar-refractivity contribution >= 4 is 33.7 Å². The Morgan fingerprint density at radius 1 is 1.38 bits per heavy atom. The van der Waals surface area contributed by atoms with E-state index in [0.717, 1.165) is 34.8 Å². The molecule has 1 amide bonds. The third kappa shape index (κ3) is 6.56. The molecule has 2 aromatic rings. The van der Waals surface area contributed by atoms with Crippen molar-refractivity contribution in [2.75, 3.05) is 39.6 Å². The summed E-state index contributed by atoms with van der Waals surface area (Å²) in [6.45, 7) is 2.28. The van der Waals surface area contributed by atoms with Gasteiger partial charge in [0, 0.05) is 16.9 Å². The second kappa shape index (κ2) is 9.73. The molecule has 24 heavy (non-hydrogen) atoms. The summed E-state index contributed by atoms with van der Waals surface area (Å²) in [4.78, 5) is 20.3. The topological polar surface area (TPSA) is 80.5 Å². The number of ether oxygens (including phenoxy) is 1. The van der Waals surface area contributed by atoms with Crippen molar-refractivity contribution in [1.29, 1.82) is 0 Å². The minimum absolute atomic E-state index is 0.0875. The zero-order valence-electron chi connectivity index (χ0n) is 14.1. The lowest BCUT2D eigenvalue weighted by Crippen LogP contribution is -2.27. The van der Waals surface area contributed by atoms with Crippen LogP contribution in [-0.2, 0) is 16.1 Å². The number of rotatable bonds is 10. The van der Waals surface area contributed by atoms with E-state index in [9.17, 15) is 4.79 Å². The van der Waals surface area contributed by atoms with Gasteiger partial charge in [-0.2, -0.15) is 0 Å². The summed E-state index contributed by atoms with van der Waals surface area (Å²) in [7, 11) is 4.10. The van der Waals surface area contributed by atoms with Gasteiger partial charge in [-0.05, 0) is 45.6 Å². The van der Waals surface area contributed by atoms with Gasteiger partial charge in [-0.3, -0.25) is 4.79 Å². The molecule has 0 unspecified atom stereocenters. The molecule has 6 nitrogen and oxygen atoms in total. The van der Waals surface area contributed by atoms with Gasteiger partial charge in [0.05, 0.1) is 17.1 Å². The number of hydrogen-bond acceptors (Lipinski definition) is 7. The van der Waals surface area contributed by atoms with Crippen LogP contribution in [0.5, 0.6) is 0 Å². The van der Waals surface area contributed by atoms with E-state index in [4.69, 9.17) is 10.5 Å². The lowest BCUT2D eigenvalue weighted by Gasteiger charge is -2.09. The number of carbonyl (C=O) groups is 1. The zero-order valence-corrected chi connectivity index (χ0v) is 15.7. The normalized spacial score (nSPS) is 11.1. The third-order valence-electron chi connectivity index (χ3n) is 3.27. The summed E-state index contributed by atoms with van der Waals surface area (Å²) in [6.07, 6.45) is 2.05. The van der Waals surface area contributed by atoms with Gasteiger partial charge in [0.25, 0.3) is 0 Å². The maximum absolute atomic E-state index is 11.8. The summed E-state index contributed by atoms with van der Waals surface area (Å²) in [5.74, 6) is -0.0875. The molecule has 0 saturated carbocycles. The molecule has 2 aromatic heterocycles. The molecule has 0 atom stereocenters. The molecule has 0 saturated heterocycles. The van der Waals surface area contributed by atoms with Crippen molar-refractivity contribution in [3.05, 3.63) is 22.4 Å². The minimum Gasteiger partial charge on any atom is -0.375 e. The van der Waals surface area contributed by atoms with Crippen molar-refractivity contribution in [3.63, 3.8) is 0 Å². The Morgan fingerprint density at radius 2 is 2.21 bits per heavy atom. The van der Waals surface area contributed by atoms with Gasteiger partial charge in [0.2, 0.25) is 5.91 Å². The highest BCUT2D eigenvalue weighted by Crippen LogP contribution is 2.29. The van der Waals surface area contributed by atoms with E-state index >= 15 is 0 Å². The fourth-order valence-electron chi connectivity index (χ4n) is 2.05. The molecule has 0 aromatic carbocycles. The predicted molar refractivity (Wildman–Crippen MR) is 100 cm³/mol. The lowest BCUT2D eigenvalue weighted by molar-refractivity contribution is -0.125. The number of thiophene rings is 1. The molecule has 8 heteroatoms. The number of nitrogens with two attached hydrogens (primary N) is 1. The summed E-state index contributed by atoms with van der Waals surface area (Å²) >= 11 is 3.03. The Labute approximate surface area is 150 Å². The van der Waals surface area contributed by atoms with Crippen LogP contribution in [0.25, 0.3) is 10.6 Å². The molecule has 0 fully saturated rings. The van der Waals surface area contributed by atoms with Crippen LogP contribution < -0.4 is 11.1 Å². The molecule has 0 aliphatic carbocycles. The second-order valence-electron chi connectivity index (χ2n) is 5.68. The van der Waals surface area contributed by atoms with E-state index in [1.54, 1.807) is 11.3 Å². The maximum atomic E-state index is 11.8. The van der Waals surface area contributed by atoms with E-state index < -0.39 is 0 Å². The van der Waals surface area contributed by atoms with Crippen LogP contribution in [0.15, 0.2) is 17.5 Å². The first-order valence-electron chi connectivity index (χ1n) is 7.84. The quantitative estimate of drug-likeness (QED) is 0.630. The first-order valence-corrected chi connectivity index (χ1v) is 9.53. The van der Waals surface area contributed by atoms with Gasteiger partial charge in [-0.15, -0.1) is 22.7 Å². The summed E-state index contributed by atoms with van der Waals surface area (Å²) in [6, 6.07) is 4.00. The molecule has 0 aliphatic heterocycles. The van der Waals surface area contributed by atoms with Crippen LogP contribution in [-0.4, -0.2) is 49.6 Å². The van der Waals surface area contributed by atoms with Gasteiger partial charge in [0.15, 0.2) is 5.13 Å². The van der Waals surface area contributed by atoms with Crippen molar-refractivity contribution in [1.82, 2.24) is 15.2 Å². The third-order valence-corrected chi connectivity index (χ3v) is 5.05. The number of hydrogen-bond donors (Lipinski definition) is 2. The Balaban J connectivity index is 1.63. The van der Waals surface area contributed by atoms with Gasteiger partial charge < -0.3 is 20.7 Å². The van der Waals surface area contributed by atoms with Crippen LogP contribution in [0.2, 0.25) is 0 Å². The number of aromatic nitrogens is 1. The molecular weight excluding hydrogens is 344 g/mol. The number of unbranched alkanes of at least 4 members (excludes halogenated alkanes) is 1. The van der Waals surface area contributed by atoms with E-state index in [1.165, 1.54) is 11.3 Å². The monoisotopic (exact) mass is 368 g/mol. The number of carbonyl (C=O) groups excluding carboxylic acids is 1. The lowest BCUT2D eigenvalue weighted by atomic mass is 10.3. The highest BCUT2D eigenvalue weighted by Gasteiger charge is 2.08. The number of nitrogen functional groups attached to an aromatic ring is 1. The minimum atomic E-state index is -0.0875. The zero-order chi connectivity index (χ0) is 17.4. The van der Waals surface area contributed by atoms with Crippen molar-refractivity contribution in [3.8, 4) is 10.6 Å². The van der Waals surface area contributed by atoms with Gasteiger partial charge in [-0.25, -0.2) is 4.98 Å². The van der Waals surface area contributed by atoms with E-state index in [2.05, 4.69) is 15.2 Å². The van der Waals surface area contributed by atoms with Crippen molar-refractivity contribution in [2.24, 2.45) is 0 Å². The van der Waals surface area contributed by atoms with Gasteiger partial charge >= 0.3 is 0 Å². The first kappa shape index (κ1) is 18.9. The van der Waals surface area contributed by atoms with Crippen LogP contribution >= 0.6 is 22.7 Å². The second-order valence-corrected chi connectivity index (χ2v) is 7.73. The molecule has 132 valence electrons. The largest absolute Gasteiger partial charge is 0.375 e. The maximum Gasteiger partial charge on any atom is 0.246 e. The molecule has 2 heterocycles. The standard InChI is InChI=1S/C16H24N4O2S2/c1-20(2)7-3-4-8-22-10-15(21)18-9-12-5-6-14(24-12)13-11-23-16(17)19-13/h5-6,11H,3-4,7-10H2,1-2H3,(H2,17,19)(H,18,21). The Hall–Kier alpha value is -1.48. The summed E-state index contributed by atoms with van der Waals surface area (Å²) in [5.41, 5.74) is 6.54. The van der Waals surface area contributed by atoms with Crippen molar-refractivity contribution in [2.45, 2.75) is 19.4 Å². The number of amides is 1. The van der Waals surface area contributed by atoms with E-state index in [0.29, 0.717) is 18.3 Å². The molecule has 0 bridgehead atoms. The molecule has 3 N–H and O–H groups in total. The van der Waals surface area contributed by atoms with Gasteiger partial charge in [-0.1, -0.05) is 0 Å². The average molecular weight is 369 g/mol. The highest BCUT2D eigenvalue weighted by atomic mass is 32.1. The fourth-order valence-corrected chi connectivity index (χ4v) is 3.59. The Kier molecular flexibility index (Phi) is 7.64. The highest BCUT2D eigenvalue weighted by molar-refractivity contribution is 7.16. The van der Waals surface area contributed by atoms with E-state index in [-0.39, 0.29) is 12.5 Å². The molecule has 0 radical (unpaired) electrons. The average Bonchev–Trinajstić information content (AvgIpc) is 3.17. The molecular formula is C16H24N4O2S2. The Bertz CT molecular complexity index is 640. The summed E-state index contributed by atoms with van der Waals surface area (Å²) < 4.78 is 5.39. The van der Waals surface area contributed by atoms with Crippen LogP contribution in [0.3, 0.4) is 0 Å². The number of nitrogens with one attached hydrogen (secondary N) is 1. The SMILES string of the molecule is CN(C)CCCCOCC(=O)NCc1ccc(-c2csc(N)n2)s1. The van der Waals surface area contributed by atoms with Gasteiger partial charge in [0.1, 0.15) is 6.61 Å². The predicted octanol–water partition coefficient (Wildman–Crippen LogP) is 2.43. The smallest absolute Gasteiger partial charge is 0.246 e. The molecule has 0 spiro atoms. The first-order chi connectivity index (χ1) is 11.5. The fraction of sp³-hybridized carbons (Fsp3) is 0.500. The van der Waals surface area contributed by atoms with Crippen LogP contribution in [0.1, 0.15) is 17.7 Å². The number of anilines is 1. The number of thiazole rings is 1. The van der Waals surface area contributed by atoms with E-state index in [1.807, 2.05) is 31.6 Å². The van der Waals surface area contributed by atoms with Crippen LogP contribution in [0.4, 0.5) is 5.13 Å². The van der Waals surface area contributed by atoms with Crippen molar-refractivity contribution < 1.29 is 9.53 Å². The van der Waals surface area contributed by atoms with Crippen LogP contribution in [0, 0.1) is 0 Å². The molecule has 0 aliphatic rings. The molecule has 2 rings (SSSR count). The summed E-state index contributed by atoms with van der Waals surface area (Å²) in [5, 5.41) is 5.38. The Morgan fingerprint density at radius 3 is 2.92 bits per heavy atom.